The van der Waals surface area contributed by atoms with Crippen molar-refractivity contribution in [3.05, 3.63) is 27.8 Å². The van der Waals surface area contributed by atoms with E-state index in [2.05, 4.69) is 5.32 Å². The zero-order chi connectivity index (χ0) is 24.3. The number of hydrogen-bond acceptors (Lipinski definition) is 9. The van der Waals surface area contributed by atoms with E-state index in [1.807, 2.05) is 0 Å². The predicted octanol–water partition coefficient (Wildman–Crippen LogP) is 4.69. The Bertz CT molecular complexity index is 807. The summed E-state index contributed by atoms with van der Waals surface area (Å²) in [6, 6.07) is 2.68. The van der Waals surface area contributed by atoms with Crippen molar-refractivity contribution in [3.63, 3.8) is 0 Å². The summed E-state index contributed by atoms with van der Waals surface area (Å²) in [5.74, 6) is 0.210. The molecule has 12 heteroatoms. The maximum Gasteiger partial charge on any atom is 0.407 e. The van der Waals surface area contributed by atoms with Gasteiger partial charge in [0, 0.05) is 6.54 Å². The molecule has 1 atom stereocenters. The lowest BCUT2D eigenvalue weighted by Crippen LogP contribution is -2.29. The van der Waals surface area contributed by atoms with Gasteiger partial charge in [0.1, 0.15) is 6.10 Å². The quantitative estimate of drug-likeness (QED) is 0.175. The van der Waals surface area contributed by atoms with Crippen LogP contribution in [0.15, 0.2) is 12.1 Å². The van der Waals surface area contributed by atoms with Crippen LogP contribution in [0, 0.1) is 16.0 Å². The van der Waals surface area contributed by atoms with Crippen molar-refractivity contribution >= 4 is 19.4 Å². The molecule has 1 N–H and O–H groups in total. The largest absolute Gasteiger partial charge is 0.493 e. The van der Waals surface area contributed by atoms with Gasteiger partial charge >= 0.3 is 13.7 Å². The van der Waals surface area contributed by atoms with Crippen molar-refractivity contribution < 1.29 is 37.5 Å². The topological polar surface area (TPSA) is 135 Å². The van der Waals surface area contributed by atoms with E-state index in [0.29, 0.717) is 6.42 Å². The van der Waals surface area contributed by atoms with Crippen LogP contribution in [0.3, 0.4) is 0 Å². The van der Waals surface area contributed by atoms with Crippen LogP contribution in [0.4, 0.5) is 10.5 Å². The molecule has 0 bridgehead atoms. The Morgan fingerprint density at radius 1 is 1.12 bits per heavy atom. The summed E-state index contributed by atoms with van der Waals surface area (Å²) in [4.78, 5) is 23.4. The lowest BCUT2D eigenvalue weighted by molar-refractivity contribution is -0.386. The van der Waals surface area contributed by atoms with Crippen molar-refractivity contribution in [1.29, 1.82) is 0 Å². The molecule has 0 saturated carbocycles. The van der Waals surface area contributed by atoms with Gasteiger partial charge in [-0.2, -0.15) is 0 Å². The molecule has 0 aliphatic heterocycles. The van der Waals surface area contributed by atoms with Crippen LogP contribution in [0.2, 0.25) is 0 Å². The average Bonchev–Trinajstić information content (AvgIpc) is 2.74. The smallest absolute Gasteiger partial charge is 0.407 e. The van der Waals surface area contributed by atoms with E-state index < -0.39 is 24.7 Å². The van der Waals surface area contributed by atoms with Gasteiger partial charge in [-0.25, -0.2) is 4.79 Å². The fourth-order valence-corrected chi connectivity index (χ4v) is 4.67. The van der Waals surface area contributed by atoms with Crippen molar-refractivity contribution in [2.75, 3.05) is 40.1 Å². The van der Waals surface area contributed by atoms with Crippen molar-refractivity contribution in [1.82, 2.24) is 5.32 Å². The van der Waals surface area contributed by atoms with Crippen LogP contribution in [0.25, 0.3) is 0 Å². The number of benzene rings is 1. The number of alkyl carbamates (subject to hydrolysis) is 1. The van der Waals surface area contributed by atoms with Crippen LogP contribution < -0.4 is 14.8 Å². The van der Waals surface area contributed by atoms with Gasteiger partial charge in [-0.15, -0.1) is 0 Å². The van der Waals surface area contributed by atoms with Gasteiger partial charge in [0.25, 0.3) is 5.69 Å². The molecule has 1 unspecified atom stereocenters. The maximum absolute atomic E-state index is 12.4. The third-order valence-electron chi connectivity index (χ3n) is 4.41. The lowest BCUT2D eigenvalue weighted by Gasteiger charge is -2.23. The SMILES string of the molecule is CCOP(=O)(CCCNC(=O)OC(c1cc(OC)c(OC)cc1[N+](=O)[O-])C(C)C)OCC. The first-order valence-corrected chi connectivity index (χ1v) is 12.1. The third-order valence-corrected chi connectivity index (χ3v) is 6.57. The number of nitro groups is 1. The van der Waals surface area contributed by atoms with Gasteiger partial charge in [-0.3, -0.25) is 14.7 Å². The summed E-state index contributed by atoms with van der Waals surface area (Å²) in [5, 5.41) is 14.2. The Hall–Kier alpha value is -2.36. The van der Waals surface area contributed by atoms with Crippen LogP contribution in [0.1, 0.15) is 45.8 Å². The normalized spacial score (nSPS) is 12.3. The number of methoxy groups -OCH3 is 2. The molecule has 0 aliphatic carbocycles. The Morgan fingerprint density at radius 3 is 2.16 bits per heavy atom. The first kappa shape index (κ1) is 27.7. The molecule has 182 valence electrons. The van der Waals surface area contributed by atoms with Gasteiger partial charge in [-0.1, -0.05) is 13.8 Å². The van der Waals surface area contributed by atoms with Crippen molar-refractivity contribution in [2.45, 2.75) is 40.2 Å². The molecular weight excluding hydrogens is 443 g/mol. The number of carbonyl (C=O) groups is 1. The summed E-state index contributed by atoms with van der Waals surface area (Å²) >= 11 is 0. The number of nitrogens with zero attached hydrogens (tertiary/aromatic N) is 1. The lowest BCUT2D eigenvalue weighted by atomic mass is 9.96. The molecule has 0 spiro atoms. The molecular formula is C20H33N2O9P. The highest BCUT2D eigenvalue weighted by molar-refractivity contribution is 7.53. The highest BCUT2D eigenvalue weighted by atomic mass is 31.2. The summed E-state index contributed by atoms with van der Waals surface area (Å²) < 4.78 is 38.8. The molecule has 11 nitrogen and oxygen atoms in total. The summed E-state index contributed by atoms with van der Waals surface area (Å²) in [6.45, 7) is 7.68. The zero-order valence-corrected chi connectivity index (χ0v) is 20.3. The standard InChI is InChI=1S/C20H33N2O9P/c1-7-29-32(26,30-8-2)11-9-10-21-20(23)31-19(14(3)4)15-12-17(27-5)18(28-6)13-16(15)22(24)25/h12-14,19H,7-11H2,1-6H3,(H,21,23). The monoisotopic (exact) mass is 476 g/mol. The van der Waals surface area contributed by atoms with Gasteiger partial charge in [0.05, 0.1) is 50.1 Å². The van der Waals surface area contributed by atoms with Gasteiger partial charge in [0.2, 0.25) is 0 Å². The molecule has 1 rings (SSSR count). The van der Waals surface area contributed by atoms with Crippen LogP contribution in [0.5, 0.6) is 11.5 Å². The molecule has 0 fully saturated rings. The third kappa shape index (κ3) is 7.96. The van der Waals surface area contributed by atoms with Gasteiger partial charge in [0.15, 0.2) is 11.5 Å². The number of nitro benzene ring substituents is 1. The molecule has 0 saturated heterocycles. The minimum Gasteiger partial charge on any atom is -0.493 e. The second kappa shape index (κ2) is 13.2. The van der Waals surface area contributed by atoms with Gasteiger partial charge < -0.3 is 28.6 Å². The van der Waals surface area contributed by atoms with Crippen molar-refractivity contribution in [2.24, 2.45) is 5.92 Å². The second-order valence-corrected chi connectivity index (χ2v) is 9.23. The van der Waals surface area contributed by atoms with Crippen LogP contribution in [-0.4, -0.2) is 51.2 Å². The fourth-order valence-electron chi connectivity index (χ4n) is 3.01. The van der Waals surface area contributed by atoms with Crippen LogP contribution in [-0.2, 0) is 18.3 Å². The summed E-state index contributed by atoms with van der Waals surface area (Å²) in [6.07, 6.45) is -1.18. The number of ether oxygens (including phenoxy) is 3. The number of amides is 1. The van der Waals surface area contributed by atoms with Crippen LogP contribution >= 0.6 is 7.60 Å². The summed E-state index contributed by atoms with van der Waals surface area (Å²) in [7, 11) is -0.410. The van der Waals surface area contributed by atoms with E-state index in [-0.39, 0.29) is 54.6 Å². The number of carbonyl (C=O) groups excluding carboxylic acids is 1. The van der Waals surface area contributed by atoms with E-state index in [9.17, 15) is 19.5 Å². The Labute approximate surface area is 188 Å². The van der Waals surface area contributed by atoms with E-state index in [1.165, 1.54) is 26.4 Å². The first-order chi connectivity index (χ1) is 15.1. The minimum absolute atomic E-state index is 0.143. The summed E-state index contributed by atoms with van der Waals surface area (Å²) in [5.41, 5.74) is -0.0569. The average molecular weight is 476 g/mol. The molecule has 0 radical (unpaired) electrons. The Balaban J connectivity index is 2.91. The van der Waals surface area contributed by atoms with E-state index in [4.69, 9.17) is 23.3 Å². The number of hydrogen-bond donors (Lipinski definition) is 1. The zero-order valence-electron chi connectivity index (χ0n) is 19.4. The molecule has 0 aliphatic rings. The molecule has 1 aromatic carbocycles. The molecule has 0 heterocycles. The molecule has 0 aromatic heterocycles. The fraction of sp³-hybridized carbons (Fsp3) is 0.650. The molecule has 32 heavy (non-hydrogen) atoms. The number of rotatable bonds is 14. The second-order valence-electron chi connectivity index (χ2n) is 7.04. The predicted molar refractivity (Wildman–Crippen MR) is 119 cm³/mol. The van der Waals surface area contributed by atoms with E-state index in [1.54, 1.807) is 27.7 Å². The molecule has 1 amide bonds. The van der Waals surface area contributed by atoms with E-state index >= 15 is 0 Å². The Kier molecular flexibility index (Phi) is 11.5. The first-order valence-electron chi connectivity index (χ1n) is 10.3. The van der Waals surface area contributed by atoms with Gasteiger partial charge in [-0.05, 0) is 32.3 Å². The van der Waals surface area contributed by atoms with Crippen molar-refractivity contribution in [3.8, 4) is 11.5 Å². The number of nitrogens with one attached hydrogen (secondary N) is 1. The Morgan fingerprint density at radius 2 is 1.69 bits per heavy atom. The minimum atomic E-state index is -3.20. The van der Waals surface area contributed by atoms with E-state index in [0.717, 1.165) is 0 Å². The maximum atomic E-state index is 12.4. The molecule has 1 aromatic rings. The highest BCUT2D eigenvalue weighted by Gasteiger charge is 2.31. The highest BCUT2D eigenvalue weighted by Crippen LogP contribution is 2.48.